The molecule has 0 aliphatic carbocycles. The van der Waals surface area contributed by atoms with Crippen molar-refractivity contribution in [3.8, 4) is 0 Å². The van der Waals surface area contributed by atoms with Crippen molar-refractivity contribution in [2.75, 3.05) is 0 Å². The van der Waals surface area contributed by atoms with Crippen molar-refractivity contribution in [2.45, 2.75) is 21.6 Å². The minimum atomic E-state index is 0. The highest BCUT2D eigenvalue weighted by atomic mass is 35.5. The molecule has 4 aromatic rings. The summed E-state index contributed by atoms with van der Waals surface area (Å²) < 4.78 is 0. The Bertz CT molecular complexity index is 1170. The van der Waals surface area contributed by atoms with E-state index in [1.54, 1.807) is 0 Å². The third-order valence-electron chi connectivity index (χ3n) is 4.97. The van der Waals surface area contributed by atoms with Gasteiger partial charge in [0.25, 0.3) is 0 Å². The number of aryl methyl sites for hydroxylation is 1. The zero-order valence-electron chi connectivity index (χ0n) is 16.6. The van der Waals surface area contributed by atoms with E-state index in [4.69, 9.17) is 0 Å². The van der Waals surface area contributed by atoms with Crippen molar-refractivity contribution < 1.29 is 12.4 Å². The molecule has 1 atom stereocenters. The van der Waals surface area contributed by atoms with Crippen molar-refractivity contribution in [1.29, 1.82) is 0 Å². The first-order chi connectivity index (χ1) is 14.3. The van der Waals surface area contributed by atoms with E-state index in [0.717, 1.165) is 0 Å². The number of hydrogen-bond acceptors (Lipinski definition) is 1. The van der Waals surface area contributed by atoms with Gasteiger partial charge in [-0.1, -0.05) is 78.0 Å². The molecule has 0 bridgehead atoms. The standard InChI is InChI=1S/C27H21S2.ClH/c1-20-16-18-21(19-17-20)26-27(29(26)23-12-6-3-7-13-23)24-14-8-9-15-25(24)28-22-10-4-2-5-11-22;/h2-19H,1H3;1H/q+1;/p-1. The first-order valence-electron chi connectivity index (χ1n) is 9.74. The van der Waals surface area contributed by atoms with Crippen LogP contribution in [0.2, 0.25) is 0 Å². The quantitative estimate of drug-likeness (QED) is 0.403. The van der Waals surface area contributed by atoms with Crippen LogP contribution in [0.15, 0.2) is 124 Å². The fourth-order valence-electron chi connectivity index (χ4n) is 3.49. The molecule has 0 fully saturated rings. The van der Waals surface area contributed by atoms with Gasteiger partial charge in [0.05, 0.1) is 0 Å². The molecular weight excluding hydrogens is 424 g/mol. The second kappa shape index (κ2) is 9.18. The summed E-state index contributed by atoms with van der Waals surface area (Å²) in [6.45, 7) is 2.15. The van der Waals surface area contributed by atoms with Crippen LogP contribution < -0.4 is 12.4 Å². The number of benzene rings is 4. The minimum Gasteiger partial charge on any atom is -1.00 e. The zero-order chi connectivity index (χ0) is 19.6. The molecule has 148 valence electrons. The molecule has 1 aliphatic heterocycles. The third-order valence-corrected chi connectivity index (χ3v) is 8.27. The average Bonchev–Trinajstić information content (AvgIpc) is 3.51. The van der Waals surface area contributed by atoms with Crippen molar-refractivity contribution in [2.24, 2.45) is 0 Å². The second-order valence-electron chi connectivity index (χ2n) is 7.05. The molecule has 4 aromatic carbocycles. The van der Waals surface area contributed by atoms with Crippen molar-refractivity contribution in [1.82, 2.24) is 0 Å². The van der Waals surface area contributed by atoms with Crippen molar-refractivity contribution >= 4 is 32.5 Å². The van der Waals surface area contributed by atoms with Crippen LogP contribution in [0.25, 0.3) is 9.81 Å². The van der Waals surface area contributed by atoms with E-state index in [0.29, 0.717) is 0 Å². The Kier molecular flexibility index (Phi) is 6.38. The zero-order valence-corrected chi connectivity index (χ0v) is 19.0. The lowest BCUT2D eigenvalue weighted by molar-refractivity contribution is -0.00000552. The fraction of sp³-hybridized carbons (Fsp3) is 0.0370. The molecule has 0 aromatic heterocycles. The molecule has 0 saturated heterocycles. The minimum absolute atomic E-state index is 0. The fourth-order valence-corrected chi connectivity index (χ4v) is 6.84. The molecule has 1 aliphatic rings. The van der Waals surface area contributed by atoms with E-state index in [1.165, 1.54) is 41.2 Å². The number of hydrogen-bond donors (Lipinski definition) is 0. The average molecular weight is 445 g/mol. The summed E-state index contributed by atoms with van der Waals surface area (Å²) in [5, 5.41) is 0. The topological polar surface area (TPSA) is 0 Å². The van der Waals surface area contributed by atoms with E-state index in [1.807, 2.05) is 11.8 Å². The Labute approximate surface area is 191 Å². The lowest BCUT2D eigenvalue weighted by Crippen LogP contribution is -3.00. The molecule has 0 nitrogen and oxygen atoms in total. The van der Waals surface area contributed by atoms with E-state index in [9.17, 15) is 0 Å². The van der Waals surface area contributed by atoms with Gasteiger partial charge in [-0.2, -0.15) is 0 Å². The van der Waals surface area contributed by atoms with E-state index >= 15 is 0 Å². The van der Waals surface area contributed by atoms with Crippen LogP contribution in [0.3, 0.4) is 0 Å². The summed E-state index contributed by atoms with van der Waals surface area (Å²) in [5.74, 6) is 0. The summed E-state index contributed by atoms with van der Waals surface area (Å²) in [7, 11) is 0.0386. The molecule has 0 spiro atoms. The maximum Gasteiger partial charge on any atom is 0.231 e. The van der Waals surface area contributed by atoms with E-state index in [-0.39, 0.29) is 23.3 Å². The van der Waals surface area contributed by atoms with Crippen LogP contribution in [0.1, 0.15) is 16.7 Å². The monoisotopic (exact) mass is 444 g/mol. The highest BCUT2D eigenvalue weighted by molar-refractivity contribution is 8.23. The maximum atomic E-state index is 2.28. The van der Waals surface area contributed by atoms with E-state index < -0.39 is 0 Å². The maximum absolute atomic E-state index is 2.28. The van der Waals surface area contributed by atoms with Crippen LogP contribution in [-0.2, 0) is 10.9 Å². The molecule has 1 heterocycles. The summed E-state index contributed by atoms with van der Waals surface area (Å²) in [6.07, 6.45) is 0. The summed E-state index contributed by atoms with van der Waals surface area (Å²) in [5.41, 5.74) is 4.01. The Hall–Kier alpha value is -2.39. The van der Waals surface area contributed by atoms with Crippen LogP contribution in [-0.4, -0.2) is 0 Å². The highest BCUT2D eigenvalue weighted by Gasteiger charge is 2.55. The van der Waals surface area contributed by atoms with Gasteiger partial charge in [-0.25, -0.2) is 0 Å². The largest absolute Gasteiger partial charge is 1.00 e. The van der Waals surface area contributed by atoms with Crippen LogP contribution in [0, 0.1) is 6.92 Å². The lowest BCUT2D eigenvalue weighted by Gasteiger charge is -2.04. The Morgan fingerprint density at radius 3 is 1.90 bits per heavy atom. The van der Waals surface area contributed by atoms with Gasteiger partial charge < -0.3 is 12.4 Å². The molecule has 3 heteroatoms. The van der Waals surface area contributed by atoms with E-state index in [2.05, 4.69) is 116 Å². The molecule has 0 amide bonds. The van der Waals surface area contributed by atoms with Gasteiger partial charge in [0.15, 0.2) is 4.90 Å². The molecule has 1 unspecified atom stereocenters. The third kappa shape index (κ3) is 4.22. The summed E-state index contributed by atoms with van der Waals surface area (Å²) in [6, 6.07) is 39.4. The first kappa shape index (κ1) is 20.9. The highest BCUT2D eigenvalue weighted by Crippen LogP contribution is 2.58. The van der Waals surface area contributed by atoms with Gasteiger partial charge in [-0.15, -0.1) is 0 Å². The molecule has 0 saturated carbocycles. The predicted octanol–water partition coefficient (Wildman–Crippen LogP) is 4.67. The number of halogens is 1. The molecule has 5 rings (SSSR count). The smallest absolute Gasteiger partial charge is 0.231 e. The SMILES string of the molecule is Cc1ccc(C2=C(c3ccccc3Sc3ccccc3)[S+]2c2ccccc2)cc1.[Cl-]. The van der Waals surface area contributed by atoms with Crippen molar-refractivity contribution in [3.63, 3.8) is 0 Å². The molecular formula is C27H21ClS2. The van der Waals surface area contributed by atoms with Crippen LogP contribution >= 0.6 is 11.8 Å². The summed E-state index contributed by atoms with van der Waals surface area (Å²) >= 11 is 1.85. The van der Waals surface area contributed by atoms with Crippen LogP contribution in [0.4, 0.5) is 0 Å². The molecule has 0 radical (unpaired) electrons. The van der Waals surface area contributed by atoms with Gasteiger partial charge in [0, 0.05) is 20.9 Å². The predicted molar refractivity (Wildman–Crippen MR) is 127 cm³/mol. The van der Waals surface area contributed by atoms with Crippen LogP contribution in [0.5, 0.6) is 0 Å². The summed E-state index contributed by atoms with van der Waals surface area (Å²) in [4.78, 5) is 6.97. The number of rotatable bonds is 5. The molecule has 0 N–H and O–H groups in total. The lowest BCUT2D eigenvalue weighted by atomic mass is 10.1. The Morgan fingerprint density at radius 2 is 1.20 bits per heavy atom. The molecule has 30 heavy (non-hydrogen) atoms. The Balaban J connectivity index is 0.00000218. The first-order valence-corrected chi connectivity index (χ1v) is 11.8. The second-order valence-corrected chi connectivity index (χ2v) is 10.1. The normalized spacial score (nSPS) is 14.9. The van der Waals surface area contributed by atoms with Gasteiger partial charge in [-0.05, 0) is 55.5 Å². The van der Waals surface area contributed by atoms with Gasteiger partial charge in [-0.3, -0.25) is 0 Å². The van der Waals surface area contributed by atoms with Gasteiger partial charge >= 0.3 is 0 Å². The van der Waals surface area contributed by atoms with Crippen molar-refractivity contribution in [3.05, 3.63) is 126 Å². The Morgan fingerprint density at radius 1 is 0.600 bits per heavy atom. The van der Waals surface area contributed by atoms with Gasteiger partial charge in [0.2, 0.25) is 9.81 Å². The van der Waals surface area contributed by atoms with Gasteiger partial charge in [0.1, 0.15) is 10.9 Å².